The Morgan fingerprint density at radius 3 is 2.82 bits per heavy atom. The summed E-state index contributed by atoms with van der Waals surface area (Å²) in [7, 11) is 0. The van der Waals surface area contributed by atoms with Crippen LogP contribution in [0.15, 0.2) is 12.5 Å². The molecular weight excluding hydrogens is 212 g/mol. The maximum Gasteiger partial charge on any atom is 0.0949 e. The van der Waals surface area contributed by atoms with E-state index in [2.05, 4.69) is 19.8 Å². The van der Waals surface area contributed by atoms with Crippen molar-refractivity contribution >= 4 is 0 Å². The molecule has 0 aromatic carbocycles. The molecule has 1 aromatic rings. The third kappa shape index (κ3) is 3.07. The third-order valence-corrected chi connectivity index (χ3v) is 3.80. The fraction of sp³-hybridized carbons (Fsp3) is 0.769. The smallest absolute Gasteiger partial charge is 0.0949 e. The van der Waals surface area contributed by atoms with E-state index >= 15 is 0 Å². The quantitative estimate of drug-likeness (QED) is 0.803. The molecule has 1 aromatic heterocycles. The minimum atomic E-state index is 0.775. The van der Waals surface area contributed by atoms with Crippen LogP contribution < -0.4 is 5.32 Å². The van der Waals surface area contributed by atoms with Crippen molar-refractivity contribution in [3.63, 3.8) is 0 Å². The number of imidazole rings is 1. The Labute approximate surface area is 103 Å². The number of rotatable bonds is 6. The van der Waals surface area contributed by atoms with E-state index in [1.807, 2.05) is 12.5 Å². The van der Waals surface area contributed by atoms with Gasteiger partial charge in [0, 0.05) is 31.9 Å². The van der Waals surface area contributed by atoms with Gasteiger partial charge >= 0.3 is 0 Å². The van der Waals surface area contributed by atoms with Gasteiger partial charge in [-0.1, -0.05) is 0 Å². The molecule has 1 saturated carbocycles. The molecule has 1 N–H and O–H groups in total. The summed E-state index contributed by atoms with van der Waals surface area (Å²) in [5.74, 6) is 0. The van der Waals surface area contributed by atoms with E-state index in [4.69, 9.17) is 0 Å². The average Bonchev–Trinajstić information content (AvgIpc) is 2.86. The summed E-state index contributed by atoms with van der Waals surface area (Å²) in [6.45, 7) is 5.80. The lowest BCUT2D eigenvalue weighted by Gasteiger charge is -2.16. The SMILES string of the molecule is c1ncn(CCN2CCCC2)c1CNC1CC1. The van der Waals surface area contributed by atoms with Crippen LogP contribution in [-0.4, -0.2) is 40.1 Å². The second-order valence-electron chi connectivity index (χ2n) is 5.28. The van der Waals surface area contributed by atoms with Gasteiger partial charge in [0.2, 0.25) is 0 Å². The summed E-state index contributed by atoms with van der Waals surface area (Å²) in [4.78, 5) is 6.82. The van der Waals surface area contributed by atoms with Crippen LogP contribution in [0, 0.1) is 0 Å². The number of hydrogen-bond acceptors (Lipinski definition) is 3. The molecule has 1 aliphatic carbocycles. The van der Waals surface area contributed by atoms with Crippen molar-refractivity contribution in [3.8, 4) is 0 Å². The van der Waals surface area contributed by atoms with E-state index in [-0.39, 0.29) is 0 Å². The minimum absolute atomic E-state index is 0.775. The minimum Gasteiger partial charge on any atom is -0.332 e. The third-order valence-electron chi connectivity index (χ3n) is 3.80. The predicted molar refractivity (Wildman–Crippen MR) is 67.8 cm³/mol. The monoisotopic (exact) mass is 234 g/mol. The maximum absolute atomic E-state index is 4.27. The maximum atomic E-state index is 4.27. The summed E-state index contributed by atoms with van der Waals surface area (Å²) in [5.41, 5.74) is 1.33. The molecule has 0 bridgehead atoms. The molecule has 2 fully saturated rings. The van der Waals surface area contributed by atoms with Crippen LogP contribution in [0.25, 0.3) is 0 Å². The summed E-state index contributed by atoms with van der Waals surface area (Å²) in [5, 5.41) is 3.55. The predicted octanol–water partition coefficient (Wildman–Crippen LogP) is 1.23. The number of aromatic nitrogens is 2. The molecule has 0 atom stereocenters. The molecule has 94 valence electrons. The second-order valence-corrected chi connectivity index (χ2v) is 5.28. The van der Waals surface area contributed by atoms with Crippen LogP contribution >= 0.6 is 0 Å². The number of nitrogens with zero attached hydrogens (tertiary/aromatic N) is 3. The van der Waals surface area contributed by atoms with Gasteiger partial charge in [-0.25, -0.2) is 4.98 Å². The van der Waals surface area contributed by atoms with Gasteiger partial charge in [-0.3, -0.25) is 0 Å². The van der Waals surface area contributed by atoms with Crippen LogP contribution in [0.2, 0.25) is 0 Å². The molecule has 0 radical (unpaired) electrons. The van der Waals surface area contributed by atoms with Gasteiger partial charge in [-0.15, -0.1) is 0 Å². The highest BCUT2D eigenvalue weighted by atomic mass is 15.2. The van der Waals surface area contributed by atoms with Gasteiger partial charge < -0.3 is 14.8 Å². The lowest BCUT2D eigenvalue weighted by Crippen LogP contribution is -2.25. The van der Waals surface area contributed by atoms with E-state index in [0.29, 0.717) is 0 Å². The molecule has 4 heteroatoms. The van der Waals surface area contributed by atoms with E-state index in [9.17, 15) is 0 Å². The van der Waals surface area contributed by atoms with Crippen molar-refractivity contribution in [3.05, 3.63) is 18.2 Å². The zero-order valence-corrected chi connectivity index (χ0v) is 10.4. The van der Waals surface area contributed by atoms with Crippen LogP contribution in [0.5, 0.6) is 0 Å². The molecule has 0 spiro atoms. The van der Waals surface area contributed by atoms with Crippen molar-refractivity contribution in [2.45, 2.75) is 44.8 Å². The van der Waals surface area contributed by atoms with E-state index < -0.39 is 0 Å². The van der Waals surface area contributed by atoms with Crippen molar-refractivity contribution in [2.24, 2.45) is 0 Å². The van der Waals surface area contributed by atoms with Crippen LogP contribution in [0.3, 0.4) is 0 Å². The standard InChI is InChI=1S/C13H22N4/c1-2-6-16(5-1)7-8-17-11-14-9-13(17)10-15-12-3-4-12/h9,11-12,15H,1-8,10H2. The first-order chi connectivity index (χ1) is 8.42. The van der Waals surface area contributed by atoms with Crippen LogP contribution in [0.1, 0.15) is 31.4 Å². The van der Waals surface area contributed by atoms with E-state index in [0.717, 1.165) is 19.1 Å². The molecule has 1 saturated heterocycles. The molecular formula is C13H22N4. The summed E-state index contributed by atoms with van der Waals surface area (Å²) >= 11 is 0. The van der Waals surface area contributed by atoms with Crippen molar-refractivity contribution in [2.75, 3.05) is 19.6 Å². The zero-order valence-electron chi connectivity index (χ0n) is 10.4. The molecule has 0 unspecified atom stereocenters. The highest BCUT2D eigenvalue weighted by Crippen LogP contribution is 2.19. The first-order valence-corrected chi connectivity index (χ1v) is 6.86. The fourth-order valence-corrected chi connectivity index (χ4v) is 2.49. The zero-order chi connectivity index (χ0) is 11.5. The fourth-order valence-electron chi connectivity index (χ4n) is 2.49. The Hall–Kier alpha value is -0.870. The Morgan fingerprint density at radius 2 is 2.06 bits per heavy atom. The number of likely N-dealkylation sites (tertiary alicyclic amines) is 1. The van der Waals surface area contributed by atoms with Gasteiger partial charge in [0.05, 0.1) is 12.0 Å². The Bertz CT molecular complexity index is 350. The van der Waals surface area contributed by atoms with Gasteiger partial charge in [-0.2, -0.15) is 0 Å². The Kier molecular flexibility index (Phi) is 3.43. The Balaban J connectivity index is 1.48. The molecule has 0 amide bonds. The number of hydrogen-bond donors (Lipinski definition) is 1. The van der Waals surface area contributed by atoms with Crippen molar-refractivity contribution in [1.29, 1.82) is 0 Å². The first-order valence-electron chi connectivity index (χ1n) is 6.86. The molecule has 3 rings (SSSR count). The molecule has 17 heavy (non-hydrogen) atoms. The van der Waals surface area contributed by atoms with Gasteiger partial charge in [-0.05, 0) is 38.8 Å². The normalized spacial score (nSPS) is 21.2. The van der Waals surface area contributed by atoms with Gasteiger partial charge in [0.1, 0.15) is 0 Å². The highest BCUT2D eigenvalue weighted by Gasteiger charge is 2.20. The van der Waals surface area contributed by atoms with E-state index in [1.54, 1.807) is 0 Å². The summed E-state index contributed by atoms with van der Waals surface area (Å²) < 4.78 is 2.30. The molecule has 2 heterocycles. The molecule has 1 aliphatic heterocycles. The van der Waals surface area contributed by atoms with Crippen molar-refractivity contribution in [1.82, 2.24) is 19.8 Å². The lowest BCUT2D eigenvalue weighted by atomic mass is 10.4. The van der Waals surface area contributed by atoms with Crippen LogP contribution in [-0.2, 0) is 13.1 Å². The number of nitrogens with one attached hydrogen (secondary N) is 1. The summed E-state index contributed by atoms with van der Waals surface area (Å²) in [6, 6.07) is 0.775. The molecule has 2 aliphatic rings. The first kappa shape index (κ1) is 11.2. The molecule has 4 nitrogen and oxygen atoms in total. The largest absolute Gasteiger partial charge is 0.332 e. The van der Waals surface area contributed by atoms with E-state index in [1.165, 1.54) is 51.0 Å². The highest BCUT2D eigenvalue weighted by molar-refractivity contribution is 4.99. The Morgan fingerprint density at radius 1 is 1.24 bits per heavy atom. The van der Waals surface area contributed by atoms with Gasteiger partial charge in [0.15, 0.2) is 0 Å². The second kappa shape index (κ2) is 5.19. The lowest BCUT2D eigenvalue weighted by molar-refractivity contribution is 0.320. The van der Waals surface area contributed by atoms with Crippen molar-refractivity contribution < 1.29 is 0 Å². The average molecular weight is 234 g/mol. The summed E-state index contributed by atoms with van der Waals surface area (Å²) in [6.07, 6.45) is 9.42. The van der Waals surface area contributed by atoms with Crippen LogP contribution in [0.4, 0.5) is 0 Å². The van der Waals surface area contributed by atoms with Gasteiger partial charge in [0.25, 0.3) is 0 Å². The topological polar surface area (TPSA) is 33.1 Å².